The Morgan fingerprint density at radius 3 is 2.08 bits per heavy atom. The summed E-state index contributed by atoms with van der Waals surface area (Å²) in [5.41, 5.74) is 1.33. The Kier molecular flexibility index (Phi) is 9.99. The second-order valence-corrected chi connectivity index (χ2v) is 8.35. The predicted molar refractivity (Wildman–Crippen MR) is 136 cm³/mol. The standard InChI is InChI=1S/C29H26FNO7/c1-19(28(35)21-6-3-2-4-7-21)38-29(36)22-12-16-24(17-13-22)31-26(33)8-5-9-27(34)37-18-25(32)20-10-14-23(30)15-11-20/h2-4,6-7,10-17,19H,5,8-9,18H2,1H3,(H,31,33)/t19-/m0/s1. The first-order chi connectivity index (χ1) is 18.2. The third-order valence-corrected chi connectivity index (χ3v) is 5.43. The highest BCUT2D eigenvalue weighted by molar-refractivity contribution is 6.01. The number of anilines is 1. The van der Waals surface area contributed by atoms with Crippen LogP contribution in [0.25, 0.3) is 0 Å². The average molecular weight is 520 g/mol. The van der Waals surface area contributed by atoms with Gasteiger partial charge in [0, 0.05) is 29.7 Å². The Bertz CT molecular complexity index is 1290. The highest BCUT2D eigenvalue weighted by Gasteiger charge is 2.20. The van der Waals surface area contributed by atoms with Crippen molar-refractivity contribution in [1.29, 1.82) is 0 Å². The van der Waals surface area contributed by atoms with Crippen molar-refractivity contribution in [1.82, 2.24) is 0 Å². The SMILES string of the molecule is C[C@H](OC(=O)c1ccc(NC(=O)CCCC(=O)OCC(=O)c2ccc(F)cc2)cc1)C(=O)c1ccccc1. The number of esters is 2. The number of ether oxygens (including phenoxy) is 2. The van der Waals surface area contributed by atoms with Gasteiger partial charge in [0.1, 0.15) is 5.82 Å². The van der Waals surface area contributed by atoms with Crippen LogP contribution < -0.4 is 5.32 Å². The quantitative estimate of drug-likeness (QED) is 0.270. The molecule has 3 rings (SSSR count). The zero-order chi connectivity index (χ0) is 27.5. The molecule has 38 heavy (non-hydrogen) atoms. The second-order valence-electron chi connectivity index (χ2n) is 8.35. The molecule has 0 saturated carbocycles. The van der Waals surface area contributed by atoms with Crippen molar-refractivity contribution < 1.29 is 37.8 Å². The monoisotopic (exact) mass is 519 g/mol. The second kappa shape index (κ2) is 13.6. The third-order valence-electron chi connectivity index (χ3n) is 5.43. The molecule has 0 spiro atoms. The molecule has 3 aromatic rings. The lowest BCUT2D eigenvalue weighted by Crippen LogP contribution is -2.24. The first-order valence-corrected chi connectivity index (χ1v) is 11.9. The fraction of sp³-hybridized carbons (Fsp3) is 0.207. The Morgan fingerprint density at radius 2 is 1.42 bits per heavy atom. The maximum Gasteiger partial charge on any atom is 0.338 e. The fourth-order valence-electron chi connectivity index (χ4n) is 3.36. The van der Waals surface area contributed by atoms with E-state index in [-0.39, 0.29) is 42.1 Å². The van der Waals surface area contributed by atoms with Crippen LogP contribution in [0.1, 0.15) is 57.3 Å². The van der Waals surface area contributed by atoms with Crippen molar-refractivity contribution in [3.8, 4) is 0 Å². The molecule has 0 heterocycles. The van der Waals surface area contributed by atoms with Crippen molar-refractivity contribution in [3.63, 3.8) is 0 Å². The summed E-state index contributed by atoms with van der Waals surface area (Å²) < 4.78 is 23.1. The topological polar surface area (TPSA) is 116 Å². The minimum absolute atomic E-state index is 0.0317. The number of rotatable bonds is 12. The molecular weight excluding hydrogens is 493 g/mol. The summed E-state index contributed by atoms with van der Waals surface area (Å²) in [5.74, 6) is -2.89. The van der Waals surface area contributed by atoms with Gasteiger partial charge < -0.3 is 14.8 Å². The van der Waals surface area contributed by atoms with Gasteiger partial charge in [-0.1, -0.05) is 30.3 Å². The maximum atomic E-state index is 12.9. The van der Waals surface area contributed by atoms with Gasteiger partial charge in [-0.3, -0.25) is 19.2 Å². The molecular formula is C29H26FNO7. The minimum atomic E-state index is -0.961. The molecule has 8 nitrogen and oxygen atoms in total. The van der Waals surface area contributed by atoms with E-state index >= 15 is 0 Å². The number of halogens is 1. The van der Waals surface area contributed by atoms with E-state index in [1.54, 1.807) is 30.3 Å². The molecule has 0 aliphatic heterocycles. The van der Waals surface area contributed by atoms with Gasteiger partial charge in [0.25, 0.3) is 0 Å². The third kappa shape index (κ3) is 8.48. The van der Waals surface area contributed by atoms with Gasteiger partial charge >= 0.3 is 11.9 Å². The molecule has 1 amide bonds. The highest BCUT2D eigenvalue weighted by atomic mass is 19.1. The van der Waals surface area contributed by atoms with Crippen LogP contribution in [0.3, 0.4) is 0 Å². The number of ketones is 2. The Hall–Kier alpha value is -4.66. The first-order valence-electron chi connectivity index (χ1n) is 11.9. The summed E-state index contributed by atoms with van der Waals surface area (Å²) in [6.45, 7) is 1.03. The van der Waals surface area contributed by atoms with Crippen LogP contribution in [0.2, 0.25) is 0 Å². The van der Waals surface area contributed by atoms with Crippen LogP contribution >= 0.6 is 0 Å². The van der Waals surface area contributed by atoms with Crippen LogP contribution in [0.4, 0.5) is 10.1 Å². The number of carbonyl (C=O) groups is 5. The highest BCUT2D eigenvalue weighted by Crippen LogP contribution is 2.14. The molecule has 0 aromatic heterocycles. The Labute approximate surface area is 218 Å². The van der Waals surface area contributed by atoms with E-state index in [2.05, 4.69) is 5.32 Å². The molecule has 196 valence electrons. The van der Waals surface area contributed by atoms with Crippen LogP contribution in [0, 0.1) is 5.82 Å². The van der Waals surface area contributed by atoms with E-state index in [0.29, 0.717) is 11.3 Å². The van der Waals surface area contributed by atoms with Crippen molar-refractivity contribution in [2.45, 2.75) is 32.3 Å². The van der Waals surface area contributed by atoms with Gasteiger partial charge in [0.05, 0.1) is 5.56 Å². The lowest BCUT2D eigenvalue weighted by Gasteiger charge is -2.12. The van der Waals surface area contributed by atoms with E-state index in [0.717, 1.165) is 12.1 Å². The van der Waals surface area contributed by atoms with Crippen molar-refractivity contribution in [2.24, 2.45) is 0 Å². The van der Waals surface area contributed by atoms with Gasteiger partial charge in [0.15, 0.2) is 18.5 Å². The van der Waals surface area contributed by atoms with E-state index < -0.39 is 36.2 Å². The van der Waals surface area contributed by atoms with Gasteiger partial charge in [-0.25, -0.2) is 9.18 Å². The van der Waals surface area contributed by atoms with E-state index in [4.69, 9.17) is 9.47 Å². The summed E-state index contributed by atoms with van der Waals surface area (Å²) in [6.07, 6.45) is -0.789. The van der Waals surface area contributed by atoms with Crippen molar-refractivity contribution in [2.75, 3.05) is 11.9 Å². The molecule has 3 aromatic carbocycles. The number of carbonyl (C=O) groups excluding carboxylic acids is 5. The van der Waals surface area contributed by atoms with Crippen LogP contribution in [-0.4, -0.2) is 42.1 Å². The largest absolute Gasteiger partial charge is 0.457 e. The molecule has 0 unspecified atom stereocenters. The summed E-state index contributed by atoms with van der Waals surface area (Å²) in [5, 5.41) is 2.66. The Balaban J connectivity index is 1.37. The molecule has 1 N–H and O–H groups in total. The molecule has 0 fully saturated rings. The lowest BCUT2D eigenvalue weighted by molar-refractivity contribution is -0.142. The normalized spacial score (nSPS) is 11.2. The van der Waals surface area contributed by atoms with Crippen molar-refractivity contribution >= 4 is 35.1 Å². The minimum Gasteiger partial charge on any atom is -0.457 e. The van der Waals surface area contributed by atoms with E-state index in [9.17, 15) is 28.4 Å². The van der Waals surface area contributed by atoms with Crippen molar-refractivity contribution in [3.05, 3.63) is 101 Å². The number of hydrogen-bond donors (Lipinski definition) is 1. The number of hydrogen-bond acceptors (Lipinski definition) is 7. The predicted octanol–water partition coefficient (Wildman–Crippen LogP) is 4.79. The van der Waals surface area contributed by atoms with E-state index in [1.807, 2.05) is 0 Å². The van der Waals surface area contributed by atoms with Gasteiger partial charge in [-0.05, 0) is 61.9 Å². The molecule has 0 aliphatic rings. The van der Waals surface area contributed by atoms with Crippen LogP contribution in [-0.2, 0) is 19.1 Å². The molecule has 9 heteroatoms. The molecule has 0 bridgehead atoms. The fourth-order valence-corrected chi connectivity index (χ4v) is 3.36. The summed E-state index contributed by atoms with van der Waals surface area (Å²) in [4.78, 5) is 60.7. The maximum absolute atomic E-state index is 12.9. The summed E-state index contributed by atoms with van der Waals surface area (Å²) in [6, 6.07) is 19.4. The summed E-state index contributed by atoms with van der Waals surface area (Å²) in [7, 11) is 0. The lowest BCUT2D eigenvalue weighted by atomic mass is 10.1. The molecule has 0 saturated heterocycles. The van der Waals surface area contributed by atoms with Gasteiger partial charge in [0.2, 0.25) is 11.7 Å². The Morgan fingerprint density at radius 1 is 0.789 bits per heavy atom. The number of Topliss-reactive ketones (excluding diaryl/α,β-unsaturated/α-hetero) is 2. The van der Waals surface area contributed by atoms with Gasteiger partial charge in [-0.2, -0.15) is 0 Å². The molecule has 1 atom stereocenters. The first kappa shape index (κ1) is 27.9. The molecule has 0 aliphatic carbocycles. The van der Waals surface area contributed by atoms with Gasteiger partial charge in [-0.15, -0.1) is 0 Å². The number of nitrogens with one attached hydrogen (secondary N) is 1. The summed E-state index contributed by atoms with van der Waals surface area (Å²) >= 11 is 0. The van der Waals surface area contributed by atoms with Crippen LogP contribution in [0.15, 0.2) is 78.9 Å². The smallest absolute Gasteiger partial charge is 0.338 e. The molecule has 0 radical (unpaired) electrons. The number of amides is 1. The van der Waals surface area contributed by atoms with E-state index in [1.165, 1.54) is 43.3 Å². The van der Waals surface area contributed by atoms with Crippen LogP contribution in [0.5, 0.6) is 0 Å². The zero-order valence-electron chi connectivity index (χ0n) is 20.6. The zero-order valence-corrected chi connectivity index (χ0v) is 20.6. The number of benzene rings is 3. The average Bonchev–Trinajstić information content (AvgIpc) is 2.92.